The van der Waals surface area contributed by atoms with Crippen molar-refractivity contribution >= 4 is 9.52 Å². The van der Waals surface area contributed by atoms with Crippen molar-refractivity contribution in [1.29, 1.82) is 0 Å². The fraction of sp³-hybridized carbons (Fsp3) is 1.00. The Balaban J connectivity index is 0.000000360. The van der Waals surface area contributed by atoms with Gasteiger partial charge in [0, 0.05) is 9.52 Å². The molecule has 0 N–H and O–H groups in total. The van der Waals surface area contributed by atoms with E-state index in [0.717, 1.165) is 0 Å². The third kappa shape index (κ3) is 2.86. The molecule has 0 aromatic rings. The van der Waals surface area contributed by atoms with Gasteiger partial charge in [-0.3, -0.25) is 0 Å². The highest BCUT2D eigenvalue weighted by atomic mass is 28.2. The third-order valence-corrected chi connectivity index (χ3v) is 3.50. The minimum atomic E-state index is 0. The fourth-order valence-electron chi connectivity index (χ4n) is 1.06. The molecule has 0 aliphatic carbocycles. The SMILES string of the molecule is C.C1CC[SiH2]CC1. The van der Waals surface area contributed by atoms with Crippen LogP contribution in [0.4, 0.5) is 0 Å². The summed E-state index contributed by atoms with van der Waals surface area (Å²) in [7, 11) is 0.508. The molecule has 1 aliphatic heterocycles. The van der Waals surface area contributed by atoms with Gasteiger partial charge < -0.3 is 0 Å². The van der Waals surface area contributed by atoms with Gasteiger partial charge in [0.25, 0.3) is 0 Å². The van der Waals surface area contributed by atoms with E-state index in [4.69, 9.17) is 0 Å². The number of rotatable bonds is 0. The van der Waals surface area contributed by atoms with E-state index in [9.17, 15) is 0 Å². The first-order chi connectivity index (χ1) is 3.00. The van der Waals surface area contributed by atoms with Crippen LogP contribution < -0.4 is 0 Å². The van der Waals surface area contributed by atoms with Crippen molar-refractivity contribution in [3.63, 3.8) is 0 Å². The van der Waals surface area contributed by atoms with Crippen LogP contribution in [0, 0.1) is 0 Å². The molecule has 1 heterocycles. The fourth-order valence-corrected chi connectivity index (χ4v) is 2.83. The molecule has 0 aromatic heterocycles. The standard InChI is InChI=1S/C5H12Si.CH4/c1-2-4-6-5-3-1;/h1-6H2;1H4. The summed E-state index contributed by atoms with van der Waals surface area (Å²) >= 11 is 0. The van der Waals surface area contributed by atoms with Gasteiger partial charge in [-0.2, -0.15) is 0 Å². The summed E-state index contributed by atoms with van der Waals surface area (Å²) in [5.41, 5.74) is 0. The molecule has 0 spiro atoms. The highest BCUT2D eigenvalue weighted by Crippen LogP contribution is 2.10. The molecule has 0 amide bonds. The zero-order valence-corrected chi connectivity index (χ0v) is 5.66. The normalized spacial score (nSPS) is 20.6. The Kier molecular flexibility index (Phi) is 4.51. The van der Waals surface area contributed by atoms with Gasteiger partial charge in [0.15, 0.2) is 0 Å². The van der Waals surface area contributed by atoms with Gasteiger partial charge in [0.2, 0.25) is 0 Å². The molecule has 7 heavy (non-hydrogen) atoms. The zero-order chi connectivity index (χ0) is 4.24. The molecule has 0 atom stereocenters. The lowest BCUT2D eigenvalue weighted by Gasteiger charge is -2.04. The lowest BCUT2D eigenvalue weighted by molar-refractivity contribution is 0.734. The van der Waals surface area contributed by atoms with E-state index >= 15 is 0 Å². The average molecular weight is 116 g/mol. The Hall–Kier alpha value is 0.217. The van der Waals surface area contributed by atoms with Crippen molar-refractivity contribution < 1.29 is 0 Å². The van der Waals surface area contributed by atoms with Crippen LogP contribution in [-0.4, -0.2) is 9.52 Å². The summed E-state index contributed by atoms with van der Waals surface area (Å²) in [5, 5.41) is 0. The first kappa shape index (κ1) is 7.22. The van der Waals surface area contributed by atoms with Crippen molar-refractivity contribution in [3.05, 3.63) is 0 Å². The van der Waals surface area contributed by atoms with Crippen LogP contribution in [0.3, 0.4) is 0 Å². The van der Waals surface area contributed by atoms with Crippen LogP contribution in [0.1, 0.15) is 26.7 Å². The summed E-state index contributed by atoms with van der Waals surface area (Å²) in [6.45, 7) is 0. The van der Waals surface area contributed by atoms with Crippen LogP contribution in [0.25, 0.3) is 0 Å². The molecular formula is C6H16Si. The van der Waals surface area contributed by atoms with Crippen molar-refractivity contribution in [2.24, 2.45) is 0 Å². The third-order valence-electron chi connectivity index (χ3n) is 1.50. The summed E-state index contributed by atoms with van der Waals surface area (Å²) in [5.74, 6) is 0. The molecule has 0 unspecified atom stereocenters. The van der Waals surface area contributed by atoms with Crippen LogP contribution >= 0.6 is 0 Å². The Morgan fingerprint density at radius 3 is 1.57 bits per heavy atom. The molecular weight excluding hydrogens is 100 g/mol. The lowest BCUT2D eigenvalue weighted by atomic mass is 10.3. The highest BCUT2D eigenvalue weighted by molar-refractivity contribution is 6.35. The minimum absolute atomic E-state index is 0. The second kappa shape index (κ2) is 4.38. The van der Waals surface area contributed by atoms with Crippen molar-refractivity contribution in [3.8, 4) is 0 Å². The number of hydrogen-bond acceptors (Lipinski definition) is 0. The van der Waals surface area contributed by atoms with Gasteiger partial charge in [-0.15, -0.1) is 0 Å². The van der Waals surface area contributed by atoms with Crippen molar-refractivity contribution in [2.45, 2.75) is 38.8 Å². The molecule has 0 bridgehead atoms. The van der Waals surface area contributed by atoms with Crippen LogP contribution in [-0.2, 0) is 0 Å². The smallest absolute Gasteiger partial charge is 0.0197 e. The van der Waals surface area contributed by atoms with E-state index in [1.54, 1.807) is 24.9 Å². The van der Waals surface area contributed by atoms with E-state index in [2.05, 4.69) is 0 Å². The predicted octanol–water partition coefficient (Wildman–Crippen LogP) is 1.81. The van der Waals surface area contributed by atoms with Gasteiger partial charge in [0.1, 0.15) is 0 Å². The average Bonchev–Trinajstić information content (AvgIpc) is 1.72. The van der Waals surface area contributed by atoms with Crippen LogP contribution in [0.2, 0.25) is 12.1 Å². The molecule has 0 saturated carbocycles. The second-order valence-corrected chi connectivity index (χ2v) is 4.24. The van der Waals surface area contributed by atoms with E-state index < -0.39 is 0 Å². The maximum Gasteiger partial charge on any atom is 0.0197 e. The quantitative estimate of drug-likeness (QED) is 0.423. The lowest BCUT2D eigenvalue weighted by Crippen LogP contribution is -1.94. The van der Waals surface area contributed by atoms with Gasteiger partial charge in [0.05, 0.1) is 0 Å². The molecule has 0 aromatic carbocycles. The maximum atomic E-state index is 1.64. The van der Waals surface area contributed by atoms with Gasteiger partial charge in [-0.25, -0.2) is 0 Å². The van der Waals surface area contributed by atoms with Gasteiger partial charge in [-0.05, 0) is 0 Å². The first-order valence-corrected chi connectivity index (χ1v) is 5.00. The summed E-state index contributed by atoms with van der Waals surface area (Å²) in [6, 6.07) is 3.28. The van der Waals surface area contributed by atoms with Crippen molar-refractivity contribution in [1.82, 2.24) is 0 Å². The van der Waals surface area contributed by atoms with E-state index in [-0.39, 0.29) is 7.43 Å². The van der Waals surface area contributed by atoms with E-state index in [1.165, 1.54) is 6.42 Å². The molecule has 0 nitrogen and oxygen atoms in total. The Bertz CT molecular complexity index is 19.7. The minimum Gasteiger partial charge on any atom is -0.0776 e. The molecule has 44 valence electrons. The Morgan fingerprint density at radius 1 is 0.857 bits per heavy atom. The molecule has 0 radical (unpaired) electrons. The Morgan fingerprint density at radius 2 is 1.43 bits per heavy atom. The largest absolute Gasteiger partial charge is 0.0776 e. The molecule has 1 rings (SSSR count). The maximum absolute atomic E-state index is 1.64. The van der Waals surface area contributed by atoms with Gasteiger partial charge >= 0.3 is 0 Å². The van der Waals surface area contributed by atoms with E-state index in [0.29, 0.717) is 9.52 Å². The van der Waals surface area contributed by atoms with E-state index in [1.807, 2.05) is 0 Å². The second-order valence-electron chi connectivity index (χ2n) is 2.12. The van der Waals surface area contributed by atoms with Crippen LogP contribution in [0.5, 0.6) is 0 Å². The molecule has 1 fully saturated rings. The topological polar surface area (TPSA) is 0 Å². The number of hydrogen-bond donors (Lipinski definition) is 0. The highest BCUT2D eigenvalue weighted by Gasteiger charge is 1.96. The summed E-state index contributed by atoms with van der Waals surface area (Å²) < 4.78 is 0. The molecule has 1 aliphatic rings. The van der Waals surface area contributed by atoms with Crippen LogP contribution in [0.15, 0.2) is 0 Å². The van der Waals surface area contributed by atoms with Crippen molar-refractivity contribution in [2.75, 3.05) is 0 Å². The predicted molar refractivity (Wildman–Crippen MR) is 38.7 cm³/mol. The summed E-state index contributed by atoms with van der Waals surface area (Å²) in [6.07, 6.45) is 4.66. The summed E-state index contributed by atoms with van der Waals surface area (Å²) in [4.78, 5) is 0. The molecule has 1 saturated heterocycles. The van der Waals surface area contributed by atoms with Gasteiger partial charge in [-0.1, -0.05) is 38.8 Å². The molecule has 1 heteroatoms. The monoisotopic (exact) mass is 116 g/mol. The Labute approximate surface area is 49.1 Å². The zero-order valence-electron chi connectivity index (χ0n) is 4.24. The first-order valence-electron chi connectivity index (χ1n) is 3.00.